The van der Waals surface area contributed by atoms with Crippen LogP contribution in [0, 0.1) is 11.3 Å². The summed E-state index contributed by atoms with van der Waals surface area (Å²) in [4.78, 5) is 13.5. The van der Waals surface area contributed by atoms with Crippen molar-refractivity contribution in [3.05, 3.63) is 0 Å². The normalized spacial score (nSPS) is 14.4. The van der Waals surface area contributed by atoms with Crippen LogP contribution in [-0.4, -0.2) is 30.2 Å². The third-order valence-electron chi connectivity index (χ3n) is 3.47. The van der Waals surface area contributed by atoms with Crippen LogP contribution < -0.4 is 0 Å². The summed E-state index contributed by atoms with van der Waals surface area (Å²) in [5.41, 5.74) is 0.0877. The molecule has 0 heterocycles. The van der Waals surface area contributed by atoms with Crippen molar-refractivity contribution in [3.63, 3.8) is 0 Å². The molecule has 0 aromatic rings. The van der Waals surface area contributed by atoms with Crippen LogP contribution >= 0.6 is 0 Å². The quantitative estimate of drug-likeness (QED) is 0.751. The number of nitrogens with zero attached hydrogens (tertiary/aromatic N) is 1. The Kier molecular flexibility index (Phi) is 5.50. The highest BCUT2D eigenvalue weighted by molar-refractivity contribution is 5.68. The fourth-order valence-corrected chi connectivity index (χ4v) is 1.57. The summed E-state index contributed by atoms with van der Waals surface area (Å²) in [5, 5.41) is 0. The van der Waals surface area contributed by atoms with Gasteiger partial charge in [-0.1, -0.05) is 27.7 Å². The molecule has 0 aliphatic carbocycles. The lowest BCUT2D eigenvalue weighted by atomic mass is 9.80. The minimum absolute atomic E-state index is 0.190. The third kappa shape index (κ3) is 5.42. The zero-order valence-corrected chi connectivity index (χ0v) is 12.8. The summed E-state index contributed by atoms with van der Waals surface area (Å²) in [5.74, 6) is 0.567. The maximum atomic E-state index is 11.7. The Balaban J connectivity index is 4.54. The Labute approximate surface area is 107 Å². The summed E-state index contributed by atoms with van der Waals surface area (Å²) in [6.07, 6.45) is 0.759. The van der Waals surface area contributed by atoms with Gasteiger partial charge in [0, 0.05) is 12.1 Å². The SMILES string of the molecule is COC(=O)N(CCC(C)C(C)(C)C)C(C)(C)C. The molecule has 0 aromatic carbocycles. The molecule has 0 saturated heterocycles. The first-order chi connectivity index (χ1) is 7.50. The predicted octanol–water partition coefficient (Wildman–Crippen LogP) is 3.93. The molecule has 0 aromatic heterocycles. The van der Waals surface area contributed by atoms with E-state index in [1.54, 1.807) is 4.90 Å². The molecule has 0 aliphatic rings. The van der Waals surface area contributed by atoms with Crippen molar-refractivity contribution in [2.75, 3.05) is 13.7 Å². The van der Waals surface area contributed by atoms with Crippen LogP contribution in [0.25, 0.3) is 0 Å². The standard InChI is InChI=1S/C14H29NO2/c1-11(13(2,3)4)9-10-15(12(16)17-8)14(5,6)7/h11H,9-10H2,1-8H3. The molecule has 1 amide bonds. The van der Waals surface area contributed by atoms with Gasteiger partial charge in [0.1, 0.15) is 0 Å². The average Bonchev–Trinajstić information content (AvgIpc) is 2.13. The zero-order valence-electron chi connectivity index (χ0n) is 12.8. The van der Waals surface area contributed by atoms with Crippen LogP contribution in [-0.2, 0) is 4.74 Å². The van der Waals surface area contributed by atoms with Gasteiger partial charge in [-0.2, -0.15) is 0 Å². The average molecular weight is 243 g/mol. The second-order valence-electron chi connectivity index (χ2n) is 6.85. The van der Waals surface area contributed by atoms with Crippen molar-refractivity contribution in [2.24, 2.45) is 11.3 Å². The lowest BCUT2D eigenvalue weighted by molar-refractivity contribution is 0.0756. The molecule has 1 atom stereocenters. The van der Waals surface area contributed by atoms with Gasteiger partial charge in [-0.05, 0) is 38.5 Å². The van der Waals surface area contributed by atoms with Crippen LogP contribution in [0.5, 0.6) is 0 Å². The number of hydrogen-bond acceptors (Lipinski definition) is 2. The number of carbonyl (C=O) groups excluding carboxylic acids is 1. The van der Waals surface area contributed by atoms with Crippen molar-refractivity contribution in [1.29, 1.82) is 0 Å². The second kappa shape index (κ2) is 5.74. The van der Waals surface area contributed by atoms with Crippen molar-refractivity contribution in [3.8, 4) is 0 Å². The molecular weight excluding hydrogens is 214 g/mol. The molecule has 3 nitrogen and oxygen atoms in total. The summed E-state index contributed by atoms with van der Waals surface area (Å²) in [7, 11) is 1.44. The summed E-state index contributed by atoms with van der Waals surface area (Å²) in [6.45, 7) is 15.8. The number of hydrogen-bond donors (Lipinski definition) is 0. The Morgan fingerprint density at radius 3 is 1.94 bits per heavy atom. The molecule has 1 unspecified atom stereocenters. The molecule has 102 valence electrons. The van der Waals surface area contributed by atoms with Gasteiger partial charge in [-0.25, -0.2) is 4.79 Å². The highest BCUT2D eigenvalue weighted by Crippen LogP contribution is 2.29. The van der Waals surface area contributed by atoms with E-state index in [0.29, 0.717) is 5.92 Å². The van der Waals surface area contributed by atoms with E-state index in [1.165, 1.54) is 7.11 Å². The Morgan fingerprint density at radius 1 is 1.18 bits per heavy atom. The topological polar surface area (TPSA) is 29.5 Å². The molecule has 0 saturated carbocycles. The van der Waals surface area contributed by atoms with E-state index in [0.717, 1.165) is 13.0 Å². The Hall–Kier alpha value is -0.730. The highest BCUT2D eigenvalue weighted by atomic mass is 16.5. The molecule has 0 rings (SSSR count). The minimum Gasteiger partial charge on any atom is -0.453 e. The van der Waals surface area contributed by atoms with E-state index in [1.807, 2.05) is 20.8 Å². The fourth-order valence-electron chi connectivity index (χ4n) is 1.57. The monoisotopic (exact) mass is 243 g/mol. The van der Waals surface area contributed by atoms with Crippen LogP contribution in [0.4, 0.5) is 4.79 Å². The third-order valence-corrected chi connectivity index (χ3v) is 3.47. The second-order valence-corrected chi connectivity index (χ2v) is 6.85. The molecule has 0 radical (unpaired) electrons. The highest BCUT2D eigenvalue weighted by Gasteiger charge is 2.29. The van der Waals surface area contributed by atoms with Gasteiger partial charge in [0.2, 0.25) is 0 Å². The molecule has 0 N–H and O–H groups in total. The molecule has 0 aliphatic heterocycles. The zero-order chi connectivity index (χ0) is 13.9. The number of carbonyl (C=O) groups is 1. The number of ether oxygens (including phenoxy) is 1. The van der Waals surface area contributed by atoms with E-state index in [4.69, 9.17) is 4.74 Å². The van der Waals surface area contributed by atoms with Gasteiger partial charge >= 0.3 is 6.09 Å². The van der Waals surface area contributed by atoms with Gasteiger partial charge in [-0.15, -0.1) is 0 Å². The largest absolute Gasteiger partial charge is 0.453 e. The Bertz CT molecular complexity index is 248. The maximum absolute atomic E-state index is 11.7. The molecule has 0 spiro atoms. The van der Waals surface area contributed by atoms with Gasteiger partial charge < -0.3 is 9.64 Å². The lowest BCUT2D eigenvalue weighted by Crippen LogP contribution is -2.46. The van der Waals surface area contributed by atoms with Gasteiger partial charge in [-0.3, -0.25) is 0 Å². The van der Waals surface area contributed by atoms with E-state index in [2.05, 4.69) is 27.7 Å². The van der Waals surface area contributed by atoms with E-state index < -0.39 is 0 Å². The molecule has 17 heavy (non-hydrogen) atoms. The number of amides is 1. The molecule has 3 heteroatoms. The first-order valence-electron chi connectivity index (χ1n) is 6.35. The van der Waals surface area contributed by atoms with Crippen LogP contribution in [0.2, 0.25) is 0 Å². The molecule has 0 bridgehead atoms. The first kappa shape index (κ1) is 16.3. The van der Waals surface area contributed by atoms with Crippen molar-refractivity contribution in [1.82, 2.24) is 4.90 Å². The van der Waals surface area contributed by atoms with Crippen molar-refractivity contribution >= 4 is 6.09 Å². The lowest BCUT2D eigenvalue weighted by Gasteiger charge is -2.36. The fraction of sp³-hybridized carbons (Fsp3) is 0.929. The van der Waals surface area contributed by atoms with Crippen LogP contribution in [0.1, 0.15) is 54.9 Å². The summed E-state index contributed by atoms with van der Waals surface area (Å²) < 4.78 is 4.84. The Morgan fingerprint density at radius 2 is 1.65 bits per heavy atom. The van der Waals surface area contributed by atoms with E-state index >= 15 is 0 Å². The summed E-state index contributed by atoms with van der Waals surface area (Å²) in [6, 6.07) is 0. The minimum atomic E-state index is -0.237. The van der Waals surface area contributed by atoms with Crippen LogP contribution in [0.15, 0.2) is 0 Å². The maximum Gasteiger partial charge on any atom is 0.409 e. The predicted molar refractivity (Wildman–Crippen MR) is 72.1 cm³/mol. The van der Waals surface area contributed by atoms with Gasteiger partial charge in [0.15, 0.2) is 0 Å². The smallest absolute Gasteiger partial charge is 0.409 e. The van der Waals surface area contributed by atoms with Crippen molar-refractivity contribution in [2.45, 2.75) is 60.4 Å². The van der Waals surface area contributed by atoms with E-state index in [-0.39, 0.29) is 17.0 Å². The van der Waals surface area contributed by atoms with E-state index in [9.17, 15) is 4.79 Å². The summed E-state index contributed by atoms with van der Waals surface area (Å²) >= 11 is 0. The number of methoxy groups -OCH3 is 1. The van der Waals surface area contributed by atoms with Gasteiger partial charge in [0.05, 0.1) is 7.11 Å². The molecule has 0 fully saturated rings. The van der Waals surface area contributed by atoms with Crippen molar-refractivity contribution < 1.29 is 9.53 Å². The number of rotatable bonds is 3. The first-order valence-corrected chi connectivity index (χ1v) is 6.35. The molecular formula is C14H29NO2. The van der Waals surface area contributed by atoms with Crippen LogP contribution in [0.3, 0.4) is 0 Å². The van der Waals surface area contributed by atoms with Gasteiger partial charge in [0.25, 0.3) is 0 Å².